The summed E-state index contributed by atoms with van der Waals surface area (Å²) in [7, 11) is 4.31. The fourth-order valence-corrected chi connectivity index (χ4v) is 2.56. The maximum absolute atomic E-state index is 5.55. The minimum atomic E-state index is 0.838. The van der Waals surface area contributed by atoms with Gasteiger partial charge in [0.1, 0.15) is 0 Å². The van der Waals surface area contributed by atoms with Crippen LogP contribution in [0.2, 0.25) is 0 Å². The van der Waals surface area contributed by atoms with Gasteiger partial charge in [-0.3, -0.25) is 0 Å². The molecule has 0 aliphatic carbocycles. The number of hydrogen-bond donors (Lipinski definition) is 1. The zero-order valence-corrected chi connectivity index (χ0v) is 12.4. The van der Waals surface area contributed by atoms with Crippen molar-refractivity contribution in [3.8, 4) is 0 Å². The summed E-state index contributed by atoms with van der Waals surface area (Å²) in [5.74, 6) is 0. The topological polar surface area (TPSA) is 35.7 Å². The predicted molar refractivity (Wildman–Crippen MR) is 79.0 cm³/mol. The largest absolute Gasteiger partial charge is 0.330 e. The van der Waals surface area contributed by atoms with E-state index in [4.69, 9.17) is 5.73 Å². The van der Waals surface area contributed by atoms with E-state index in [1.807, 2.05) is 0 Å². The van der Waals surface area contributed by atoms with Gasteiger partial charge in [-0.1, -0.05) is 0 Å². The standard InChI is InChI=1S/C14H32N4/c1-16(2)8-5-10-18-12-6-11-17(13-14-18)9-4-3-7-15/h3-15H2,1-2H3. The van der Waals surface area contributed by atoms with Crippen molar-refractivity contribution in [1.82, 2.24) is 14.7 Å². The third-order valence-corrected chi connectivity index (χ3v) is 3.69. The number of rotatable bonds is 8. The van der Waals surface area contributed by atoms with Gasteiger partial charge in [0, 0.05) is 13.1 Å². The lowest BCUT2D eigenvalue weighted by atomic mass is 10.3. The van der Waals surface area contributed by atoms with Gasteiger partial charge in [0.15, 0.2) is 0 Å². The molecular formula is C14H32N4. The first-order valence-electron chi connectivity index (χ1n) is 7.52. The quantitative estimate of drug-likeness (QED) is 0.648. The fraction of sp³-hybridized carbons (Fsp3) is 1.00. The van der Waals surface area contributed by atoms with Crippen LogP contribution < -0.4 is 5.73 Å². The van der Waals surface area contributed by atoms with E-state index in [2.05, 4.69) is 28.8 Å². The zero-order chi connectivity index (χ0) is 13.2. The molecule has 4 nitrogen and oxygen atoms in total. The third kappa shape index (κ3) is 7.31. The van der Waals surface area contributed by atoms with E-state index >= 15 is 0 Å². The second-order valence-corrected chi connectivity index (χ2v) is 5.69. The first kappa shape index (κ1) is 15.9. The molecule has 1 saturated heterocycles. The summed E-state index contributed by atoms with van der Waals surface area (Å²) in [6.45, 7) is 9.58. The second kappa shape index (κ2) is 9.73. The average molecular weight is 256 g/mol. The van der Waals surface area contributed by atoms with Gasteiger partial charge in [0.25, 0.3) is 0 Å². The maximum Gasteiger partial charge on any atom is 0.0109 e. The van der Waals surface area contributed by atoms with Gasteiger partial charge < -0.3 is 20.4 Å². The number of unbranched alkanes of at least 4 members (excludes halogenated alkanes) is 1. The highest BCUT2D eigenvalue weighted by atomic mass is 15.2. The molecule has 0 amide bonds. The van der Waals surface area contributed by atoms with E-state index in [0.717, 1.165) is 6.54 Å². The van der Waals surface area contributed by atoms with Gasteiger partial charge in [-0.15, -0.1) is 0 Å². The zero-order valence-electron chi connectivity index (χ0n) is 12.4. The molecule has 1 heterocycles. The van der Waals surface area contributed by atoms with Crippen molar-refractivity contribution < 1.29 is 0 Å². The first-order valence-corrected chi connectivity index (χ1v) is 7.52. The van der Waals surface area contributed by atoms with Crippen LogP contribution in [0.3, 0.4) is 0 Å². The Balaban J connectivity index is 2.11. The summed E-state index contributed by atoms with van der Waals surface area (Å²) in [6.07, 6.45) is 5.05. The first-order chi connectivity index (χ1) is 8.72. The molecule has 4 heteroatoms. The van der Waals surface area contributed by atoms with Crippen molar-refractivity contribution in [2.24, 2.45) is 5.73 Å². The second-order valence-electron chi connectivity index (χ2n) is 5.69. The molecule has 1 rings (SSSR count). The van der Waals surface area contributed by atoms with Crippen molar-refractivity contribution in [2.75, 3.05) is 66.5 Å². The van der Waals surface area contributed by atoms with E-state index in [9.17, 15) is 0 Å². The summed E-state index contributed by atoms with van der Waals surface area (Å²) < 4.78 is 0. The van der Waals surface area contributed by atoms with Crippen molar-refractivity contribution >= 4 is 0 Å². The molecule has 1 aliphatic heterocycles. The minimum Gasteiger partial charge on any atom is -0.330 e. The van der Waals surface area contributed by atoms with Crippen LogP contribution in [0.4, 0.5) is 0 Å². The summed E-state index contributed by atoms with van der Waals surface area (Å²) in [5, 5.41) is 0. The summed E-state index contributed by atoms with van der Waals surface area (Å²) in [6, 6.07) is 0. The Hall–Kier alpha value is -0.160. The molecule has 0 atom stereocenters. The third-order valence-electron chi connectivity index (χ3n) is 3.69. The van der Waals surface area contributed by atoms with E-state index in [-0.39, 0.29) is 0 Å². The highest BCUT2D eigenvalue weighted by Crippen LogP contribution is 2.05. The Morgan fingerprint density at radius 3 is 2.06 bits per heavy atom. The van der Waals surface area contributed by atoms with Gasteiger partial charge in [0.05, 0.1) is 0 Å². The average Bonchev–Trinajstić information content (AvgIpc) is 2.55. The van der Waals surface area contributed by atoms with Crippen LogP contribution in [-0.2, 0) is 0 Å². The summed E-state index contributed by atoms with van der Waals surface area (Å²) in [5.41, 5.74) is 5.55. The van der Waals surface area contributed by atoms with Crippen LogP contribution in [0.15, 0.2) is 0 Å². The van der Waals surface area contributed by atoms with Crippen LogP contribution in [0.5, 0.6) is 0 Å². The smallest absolute Gasteiger partial charge is 0.0109 e. The van der Waals surface area contributed by atoms with Crippen molar-refractivity contribution in [1.29, 1.82) is 0 Å². The highest BCUT2D eigenvalue weighted by Gasteiger charge is 2.13. The Morgan fingerprint density at radius 2 is 1.50 bits per heavy atom. The number of nitrogens with zero attached hydrogens (tertiary/aromatic N) is 3. The van der Waals surface area contributed by atoms with Gasteiger partial charge in [-0.25, -0.2) is 0 Å². The lowest BCUT2D eigenvalue weighted by Gasteiger charge is -2.22. The Bertz CT molecular complexity index is 196. The molecule has 0 aromatic carbocycles. The van der Waals surface area contributed by atoms with Crippen LogP contribution in [0, 0.1) is 0 Å². The molecule has 18 heavy (non-hydrogen) atoms. The minimum absolute atomic E-state index is 0.838. The molecule has 0 aromatic heterocycles. The molecule has 1 aliphatic rings. The SMILES string of the molecule is CN(C)CCCN1CCCN(CCCCN)CC1. The molecule has 0 bridgehead atoms. The van der Waals surface area contributed by atoms with Gasteiger partial charge in [-0.05, 0) is 79.0 Å². The Labute approximate surface area is 113 Å². The van der Waals surface area contributed by atoms with Crippen molar-refractivity contribution in [3.05, 3.63) is 0 Å². The molecular weight excluding hydrogens is 224 g/mol. The fourth-order valence-electron chi connectivity index (χ4n) is 2.56. The molecule has 0 radical (unpaired) electrons. The van der Waals surface area contributed by atoms with Crippen molar-refractivity contribution in [3.63, 3.8) is 0 Å². The Kier molecular flexibility index (Phi) is 8.59. The van der Waals surface area contributed by atoms with Gasteiger partial charge in [-0.2, -0.15) is 0 Å². The molecule has 0 aromatic rings. The van der Waals surface area contributed by atoms with Gasteiger partial charge >= 0.3 is 0 Å². The molecule has 0 unspecified atom stereocenters. The molecule has 1 fully saturated rings. The predicted octanol–water partition coefficient (Wildman–Crippen LogP) is 0.685. The number of nitrogens with two attached hydrogens (primary N) is 1. The van der Waals surface area contributed by atoms with E-state index in [1.165, 1.54) is 71.5 Å². The highest BCUT2D eigenvalue weighted by molar-refractivity contribution is 4.70. The molecule has 108 valence electrons. The normalized spacial score (nSPS) is 19.3. The van der Waals surface area contributed by atoms with Crippen LogP contribution in [0.1, 0.15) is 25.7 Å². The lowest BCUT2D eigenvalue weighted by molar-refractivity contribution is 0.244. The van der Waals surface area contributed by atoms with E-state index < -0.39 is 0 Å². The monoisotopic (exact) mass is 256 g/mol. The maximum atomic E-state index is 5.55. The van der Waals surface area contributed by atoms with Crippen LogP contribution >= 0.6 is 0 Å². The molecule has 0 spiro atoms. The number of hydrogen-bond acceptors (Lipinski definition) is 4. The van der Waals surface area contributed by atoms with E-state index in [0.29, 0.717) is 0 Å². The lowest BCUT2D eigenvalue weighted by Crippen LogP contribution is -2.33. The molecule has 2 N–H and O–H groups in total. The molecule has 0 saturated carbocycles. The van der Waals surface area contributed by atoms with Crippen LogP contribution in [0.25, 0.3) is 0 Å². The van der Waals surface area contributed by atoms with Crippen LogP contribution in [-0.4, -0.2) is 81.2 Å². The Morgan fingerprint density at radius 1 is 0.889 bits per heavy atom. The summed E-state index contributed by atoms with van der Waals surface area (Å²) >= 11 is 0. The van der Waals surface area contributed by atoms with E-state index in [1.54, 1.807) is 0 Å². The van der Waals surface area contributed by atoms with Gasteiger partial charge in [0.2, 0.25) is 0 Å². The summed E-state index contributed by atoms with van der Waals surface area (Å²) in [4.78, 5) is 7.52. The van der Waals surface area contributed by atoms with Crippen molar-refractivity contribution in [2.45, 2.75) is 25.7 Å².